The molecular formula is C16H29N3O5S. The van der Waals surface area contributed by atoms with Crippen molar-refractivity contribution in [2.75, 3.05) is 40.8 Å². The smallest absolute Gasteiger partial charge is 0.328 e. The molecule has 2 fully saturated rings. The third-order valence-corrected chi connectivity index (χ3v) is 7.43. The van der Waals surface area contributed by atoms with Crippen molar-refractivity contribution in [1.29, 1.82) is 0 Å². The molecule has 2 aliphatic rings. The maximum atomic E-state index is 12.8. The maximum Gasteiger partial charge on any atom is 0.328 e. The summed E-state index contributed by atoms with van der Waals surface area (Å²) in [5.41, 5.74) is 0. The Labute approximate surface area is 150 Å². The molecule has 0 N–H and O–H groups in total. The number of esters is 1. The molecule has 2 saturated heterocycles. The first-order valence-corrected chi connectivity index (χ1v) is 10.1. The topological polar surface area (TPSA) is 87.0 Å². The van der Waals surface area contributed by atoms with Gasteiger partial charge in [-0.05, 0) is 25.8 Å². The van der Waals surface area contributed by atoms with Crippen LogP contribution in [0.1, 0.15) is 26.7 Å². The molecule has 0 radical (unpaired) electrons. The van der Waals surface area contributed by atoms with Gasteiger partial charge in [0, 0.05) is 32.6 Å². The molecule has 9 heteroatoms. The Morgan fingerprint density at radius 2 is 1.72 bits per heavy atom. The van der Waals surface area contributed by atoms with Gasteiger partial charge in [-0.1, -0.05) is 13.8 Å². The van der Waals surface area contributed by atoms with Gasteiger partial charge in [-0.2, -0.15) is 0 Å². The first-order chi connectivity index (χ1) is 11.6. The van der Waals surface area contributed by atoms with E-state index in [4.69, 9.17) is 4.74 Å². The molecule has 25 heavy (non-hydrogen) atoms. The van der Waals surface area contributed by atoms with Crippen molar-refractivity contribution in [3.05, 3.63) is 0 Å². The number of carbonyl (C=O) groups excluding carboxylic acids is 2. The number of rotatable bonds is 6. The number of piperidine rings is 1. The molecule has 144 valence electrons. The fourth-order valence-electron chi connectivity index (χ4n) is 3.47. The fourth-order valence-corrected chi connectivity index (χ4v) is 5.42. The van der Waals surface area contributed by atoms with Gasteiger partial charge in [0.05, 0.1) is 7.11 Å². The minimum atomic E-state index is -3.29. The molecule has 3 atom stereocenters. The van der Waals surface area contributed by atoms with E-state index in [-0.39, 0.29) is 17.7 Å². The van der Waals surface area contributed by atoms with Crippen molar-refractivity contribution in [2.24, 2.45) is 11.8 Å². The summed E-state index contributed by atoms with van der Waals surface area (Å²) in [4.78, 5) is 28.0. The number of hydrogen-bond acceptors (Lipinski definition) is 6. The van der Waals surface area contributed by atoms with Crippen LogP contribution in [0.5, 0.6) is 0 Å². The summed E-state index contributed by atoms with van der Waals surface area (Å²) < 4.78 is 31.1. The number of nitrogens with zero attached hydrogens (tertiary/aromatic N) is 3. The van der Waals surface area contributed by atoms with Crippen molar-refractivity contribution in [3.63, 3.8) is 0 Å². The standard InChI is InChI=1S/C16H29N3O5S/c1-11(2)14(16(21)24-5)18(4)15(20)12-6-8-19(9-7-12)25(22,23)13-10-17(13)3/h11-14H,6-10H2,1-5H3/t13?,14-,17+/m0/s1. The first-order valence-electron chi connectivity index (χ1n) is 8.65. The Kier molecular flexibility index (Phi) is 6.11. The van der Waals surface area contributed by atoms with Crippen molar-refractivity contribution in [1.82, 2.24) is 14.1 Å². The molecular weight excluding hydrogens is 346 g/mol. The fraction of sp³-hybridized carbons (Fsp3) is 0.875. The molecule has 2 rings (SSSR count). The van der Waals surface area contributed by atoms with E-state index in [0.29, 0.717) is 32.5 Å². The molecule has 0 aromatic carbocycles. The summed E-state index contributed by atoms with van der Waals surface area (Å²) in [5, 5.41) is -0.410. The Hall–Kier alpha value is -1.19. The van der Waals surface area contributed by atoms with E-state index in [1.54, 1.807) is 19.0 Å². The highest BCUT2D eigenvalue weighted by atomic mass is 32.2. The van der Waals surface area contributed by atoms with Gasteiger partial charge in [-0.3, -0.25) is 9.69 Å². The number of sulfonamides is 1. The summed E-state index contributed by atoms with van der Waals surface area (Å²) in [6, 6.07) is -0.626. The molecule has 2 heterocycles. The molecule has 1 amide bonds. The van der Waals surface area contributed by atoms with Gasteiger partial charge < -0.3 is 9.64 Å². The van der Waals surface area contributed by atoms with Gasteiger partial charge in [0.25, 0.3) is 0 Å². The molecule has 1 unspecified atom stereocenters. The van der Waals surface area contributed by atoms with E-state index in [9.17, 15) is 18.0 Å². The predicted molar refractivity (Wildman–Crippen MR) is 93.0 cm³/mol. The Morgan fingerprint density at radius 3 is 2.12 bits per heavy atom. The first kappa shape index (κ1) is 20.1. The number of ether oxygens (including phenoxy) is 1. The molecule has 8 nitrogen and oxygen atoms in total. The maximum absolute atomic E-state index is 12.8. The van der Waals surface area contributed by atoms with Crippen LogP contribution in [0, 0.1) is 11.8 Å². The van der Waals surface area contributed by atoms with Gasteiger partial charge in [-0.15, -0.1) is 0 Å². The molecule has 0 aliphatic carbocycles. The van der Waals surface area contributed by atoms with E-state index in [2.05, 4.69) is 0 Å². The Balaban J connectivity index is 1.97. The third-order valence-electron chi connectivity index (χ3n) is 5.15. The SMILES string of the molecule is COC(=O)[C@H](C(C)C)N(C)C(=O)C1CCN(S(=O)(=O)C2C[N@@]2C)CC1. The molecule has 0 aromatic rings. The average molecular weight is 375 g/mol. The third kappa shape index (κ3) is 4.15. The van der Waals surface area contributed by atoms with Crippen molar-refractivity contribution >= 4 is 21.9 Å². The summed E-state index contributed by atoms with van der Waals surface area (Å²) in [5.74, 6) is -0.876. The second-order valence-electron chi connectivity index (χ2n) is 7.27. The quantitative estimate of drug-likeness (QED) is 0.478. The van der Waals surface area contributed by atoms with Crippen LogP contribution in [-0.4, -0.2) is 86.7 Å². The van der Waals surface area contributed by atoms with Crippen LogP contribution in [0.4, 0.5) is 0 Å². The largest absolute Gasteiger partial charge is 0.467 e. The van der Waals surface area contributed by atoms with Crippen LogP contribution in [0.2, 0.25) is 0 Å². The van der Waals surface area contributed by atoms with E-state index in [0.717, 1.165) is 0 Å². The van der Waals surface area contributed by atoms with Crippen LogP contribution >= 0.6 is 0 Å². The highest BCUT2D eigenvalue weighted by Crippen LogP contribution is 2.29. The Bertz CT molecular complexity index is 613. The molecule has 0 saturated carbocycles. The van der Waals surface area contributed by atoms with E-state index in [1.807, 2.05) is 13.8 Å². The summed E-state index contributed by atoms with van der Waals surface area (Å²) in [6.07, 6.45) is 0.954. The minimum absolute atomic E-state index is 0.0627. The van der Waals surface area contributed by atoms with Gasteiger partial charge in [0.15, 0.2) is 0 Å². The number of hydrogen-bond donors (Lipinski definition) is 0. The van der Waals surface area contributed by atoms with E-state index in [1.165, 1.54) is 16.3 Å². The zero-order chi connectivity index (χ0) is 18.9. The van der Waals surface area contributed by atoms with Crippen molar-refractivity contribution in [2.45, 2.75) is 38.1 Å². The summed E-state index contributed by atoms with van der Waals surface area (Å²) in [6.45, 7) is 5.00. The van der Waals surface area contributed by atoms with Gasteiger partial charge >= 0.3 is 5.97 Å². The van der Waals surface area contributed by atoms with Crippen LogP contribution in [0.25, 0.3) is 0 Å². The van der Waals surface area contributed by atoms with Crippen LogP contribution in [0.3, 0.4) is 0 Å². The summed E-state index contributed by atoms with van der Waals surface area (Å²) >= 11 is 0. The zero-order valence-corrected chi connectivity index (χ0v) is 16.5. The lowest BCUT2D eigenvalue weighted by atomic mass is 9.94. The molecule has 2 aliphatic heterocycles. The molecule has 0 bridgehead atoms. The summed E-state index contributed by atoms with van der Waals surface area (Å²) in [7, 11) is 1.42. The van der Waals surface area contributed by atoms with Gasteiger partial charge in [-0.25, -0.2) is 17.5 Å². The molecule has 0 spiro atoms. The lowest BCUT2D eigenvalue weighted by Crippen LogP contribution is -2.50. The lowest BCUT2D eigenvalue weighted by molar-refractivity contribution is -0.155. The van der Waals surface area contributed by atoms with Crippen LogP contribution in [-0.2, 0) is 24.3 Å². The average Bonchev–Trinajstić information content (AvgIpc) is 3.31. The lowest BCUT2D eigenvalue weighted by Gasteiger charge is -2.35. The van der Waals surface area contributed by atoms with Gasteiger partial charge in [0.1, 0.15) is 11.4 Å². The number of likely N-dealkylation sites (N-methyl/N-ethyl adjacent to an activating group) is 2. The van der Waals surface area contributed by atoms with Crippen molar-refractivity contribution < 1.29 is 22.7 Å². The Morgan fingerprint density at radius 1 is 1.20 bits per heavy atom. The highest BCUT2D eigenvalue weighted by Gasteiger charge is 2.46. The monoisotopic (exact) mass is 375 g/mol. The normalized spacial score (nSPS) is 26.3. The van der Waals surface area contributed by atoms with Crippen LogP contribution in [0.15, 0.2) is 0 Å². The van der Waals surface area contributed by atoms with Crippen molar-refractivity contribution in [3.8, 4) is 0 Å². The van der Waals surface area contributed by atoms with E-state index >= 15 is 0 Å². The predicted octanol–water partition coefficient (Wildman–Crippen LogP) is -0.0443. The second kappa shape index (κ2) is 7.59. The molecule has 0 aromatic heterocycles. The number of methoxy groups -OCH3 is 1. The minimum Gasteiger partial charge on any atom is -0.467 e. The van der Waals surface area contributed by atoms with E-state index < -0.39 is 27.4 Å². The second-order valence-corrected chi connectivity index (χ2v) is 9.36. The highest BCUT2D eigenvalue weighted by molar-refractivity contribution is 7.90. The zero-order valence-electron chi connectivity index (χ0n) is 15.6. The van der Waals surface area contributed by atoms with Gasteiger partial charge in [0.2, 0.25) is 15.9 Å². The number of carbonyl (C=O) groups is 2. The number of amides is 1. The van der Waals surface area contributed by atoms with Crippen LogP contribution < -0.4 is 0 Å².